The van der Waals surface area contributed by atoms with Gasteiger partial charge >= 0.3 is 0 Å². The zero-order chi connectivity index (χ0) is 6.97. The van der Waals surface area contributed by atoms with Crippen molar-refractivity contribution >= 4 is 0 Å². The first-order chi connectivity index (χ1) is 4.88. The number of nitrogens with zero attached hydrogens (tertiary/aromatic N) is 1. The third-order valence-corrected chi connectivity index (χ3v) is 2.10. The Kier molecular flexibility index (Phi) is 1.27. The van der Waals surface area contributed by atoms with E-state index in [1.807, 2.05) is 0 Å². The van der Waals surface area contributed by atoms with Crippen LogP contribution in [-0.4, -0.2) is 31.2 Å². The lowest BCUT2D eigenvalue weighted by atomic mass is 10.1. The van der Waals surface area contributed by atoms with E-state index in [9.17, 15) is 0 Å². The molecule has 0 aromatic heterocycles. The molecule has 1 saturated heterocycles. The highest BCUT2D eigenvalue weighted by atomic mass is 16.5. The number of likely N-dealkylation sites (N-methyl/N-ethyl adjacent to an activating group) is 1. The lowest BCUT2D eigenvalue weighted by Gasteiger charge is -2.24. The van der Waals surface area contributed by atoms with Gasteiger partial charge in [0.05, 0.1) is 19.3 Å². The molecule has 10 heavy (non-hydrogen) atoms. The quantitative estimate of drug-likeness (QED) is 0.489. The van der Waals surface area contributed by atoms with Crippen LogP contribution in [0.1, 0.15) is 0 Å². The molecule has 2 heteroatoms. The molecule has 0 N–H and O–H groups in total. The summed E-state index contributed by atoms with van der Waals surface area (Å²) in [4.78, 5) is 2.20. The van der Waals surface area contributed by atoms with Crippen molar-refractivity contribution in [2.75, 3.05) is 20.3 Å². The van der Waals surface area contributed by atoms with E-state index in [4.69, 9.17) is 4.74 Å². The third kappa shape index (κ3) is 0.762. The van der Waals surface area contributed by atoms with Crippen LogP contribution in [0.4, 0.5) is 0 Å². The van der Waals surface area contributed by atoms with Gasteiger partial charge in [0.25, 0.3) is 0 Å². The van der Waals surface area contributed by atoms with E-state index in [1.165, 1.54) is 5.57 Å². The Balaban J connectivity index is 2.25. The van der Waals surface area contributed by atoms with Gasteiger partial charge < -0.3 is 9.64 Å². The van der Waals surface area contributed by atoms with Crippen molar-refractivity contribution in [3.63, 3.8) is 0 Å². The van der Waals surface area contributed by atoms with E-state index in [2.05, 4.69) is 30.3 Å². The second-order valence-electron chi connectivity index (χ2n) is 2.78. The summed E-state index contributed by atoms with van der Waals surface area (Å²) in [5, 5.41) is 0. The van der Waals surface area contributed by atoms with Crippen LogP contribution in [0.3, 0.4) is 0 Å². The summed E-state index contributed by atoms with van der Waals surface area (Å²) in [6.45, 7) is 1.67. The highest BCUT2D eigenvalue weighted by molar-refractivity contribution is 5.25. The predicted octanol–water partition coefficient (Wildman–Crippen LogP) is 0.771. The van der Waals surface area contributed by atoms with E-state index < -0.39 is 0 Å². The van der Waals surface area contributed by atoms with Gasteiger partial charge in [0.1, 0.15) is 0 Å². The van der Waals surface area contributed by atoms with Gasteiger partial charge in [-0.25, -0.2) is 0 Å². The molecule has 1 atom stereocenters. The van der Waals surface area contributed by atoms with Gasteiger partial charge in [-0.2, -0.15) is 0 Å². The van der Waals surface area contributed by atoms with Crippen LogP contribution in [-0.2, 0) is 4.74 Å². The second-order valence-corrected chi connectivity index (χ2v) is 2.78. The fraction of sp³-hybridized carbons (Fsp3) is 0.500. The molecule has 0 spiro atoms. The lowest BCUT2D eigenvalue weighted by Crippen LogP contribution is -2.30. The minimum atomic E-state index is 0.519. The molecule has 0 amide bonds. The van der Waals surface area contributed by atoms with Crippen LogP contribution in [0.5, 0.6) is 0 Å². The molecule has 2 rings (SSSR count). The molecule has 0 aromatic carbocycles. The molecule has 1 unspecified atom stereocenters. The fourth-order valence-electron chi connectivity index (χ4n) is 1.44. The summed E-state index contributed by atoms with van der Waals surface area (Å²) >= 11 is 0. The summed E-state index contributed by atoms with van der Waals surface area (Å²) in [5.41, 5.74) is 1.41. The molecule has 2 aliphatic rings. The zero-order valence-corrected chi connectivity index (χ0v) is 6.08. The maximum atomic E-state index is 5.31. The number of hydrogen-bond donors (Lipinski definition) is 0. The van der Waals surface area contributed by atoms with Crippen LogP contribution in [0.15, 0.2) is 23.9 Å². The number of rotatable bonds is 0. The zero-order valence-electron chi connectivity index (χ0n) is 6.08. The Morgan fingerprint density at radius 2 is 2.60 bits per heavy atom. The van der Waals surface area contributed by atoms with Gasteiger partial charge in [-0.3, -0.25) is 0 Å². The first kappa shape index (κ1) is 5.98. The molecule has 0 saturated carbocycles. The number of allylic oxidation sites excluding steroid dienone is 2. The van der Waals surface area contributed by atoms with Crippen molar-refractivity contribution in [3.8, 4) is 0 Å². The number of fused-ring (bicyclic) bond motifs is 1. The van der Waals surface area contributed by atoms with E-state index in [0.29, 0.717) is 6.04 Å². The normalized spacial score (nSPS) is 30.3. The highest BCUT2D eigenvalue weighted by Gasteiger charge is 2.24. The van der Waals surface area contributed by atoms with Crippen molar-refractivity contribution in [2.24, 2.45) is 0 Å². The van der Waals surface area contributed by atoms with Crippen LogP contribution in [0, 0.1) is 0 Å². The molecule has 1 fully saturated rings. The Morgan fingerprint density at radius 3 is 3.40 bits per heavy atom. The Hall–Kier alpha value is -0.760. The molecule has 0 aliphatic carbocycles. The Bertz CT molecular complexity index is 195. The topological polar surface area (TPSA) is 12.5 Å². The summed E-state index contributed by atoms with van der Waals surface area (Å²) in [6, 6.07) is 0.519. The maximum absolute atomic E-state index is 5.31. The van der Waals surface area contributed by atoms with Gasteiger partial charge in [0, 0.05) is 7.05 Å². The van der Waals surface area contributed by atoms with E-state index in [0.717, 1.165) is 13.2 Å². The highest BCUT2D eigenvalue weighted by Crippen LogP contribution is 2.20. The standard InChI is InChI=1S/C8H11NO/c1-9-4-2-3-7-5-10-6-8(7)9/h2-4,8H,5-6H2,1H3. The van der Waals surface area contributed by atoms with Crippen LogP contribution >= 0.6 is 0 Å². The van der Waals surface area contributed by atoms with Crippen molar-refractivity contribution in [3.05, 3.63) is 23.9 Å². The fourth-order valence-corrected chi connectivity index (χ4v) is 1.44. The molecule has 0 aromatic rings. The first-order valence-corrected chi connectivity index (χ1v) is 3.55. The first-order valence-electron chi connectivity index (χ1n) is 3.55. The molecule has 0 bridgehead atoms. The second kappa shape index (κ2) is 2.13. The van der Waals surface area contributed by atoms with Crippen molar-refractivity contribution in [2.45, 2.75) is 6.04 Å². The molecule has 54 valence electrons. The van der Waals surface area contributed by atoms with Crippen LogP contribution < -0.4 is 0 Å². The summed E-state index contributed by atoms with van der Waals surface area (Å²) < 4.78 is 5.31. The summed E-state index contributed by atoms with van der Waals surface area (Å²) in [7, 11) is 2.09. The average molecular weight is 137 g/mol. The van der Waals surface area contributed by atoms with Crippen molar-refractivity contribution in [1.29, 1.82) is 0 Å². The SMILES string of the molecule is CN1C=CC=C2COCC21. The molecule has 2 aliphatic heterocycles. The van der Waals surface area contributed by atoms with Gasteiger partial charge in [-0.05, 0) is 17.8 Å². The molecular formula is C8H11NO. The van der Waals surface area contributed by atoms with E-state index in [-0.39, 0.29) is 0 Å². The summed E-state index contributed by atoms with van der Waals surface area (Å²) in [5.74, 6) is 0. The van der Waals surface area contributed by atoms with Crippen LogP contribution in [0.2, 0.25) is 0 Å². The summed E-state index contributed by atoms with van der Waals surface area (Å²) in [6.07, 6.45) is 6.31. The van der Waals surface area contributed by atoms with Crippen molar-refractivity contribution < 1.29 is 4.74 Å². The van der Waals surface area contributed by atoms with E-state index >= 15 is 0 Å². The number of hydrogen-bond acceptors (Lipinski definition) is 2. The molecule has 0 radical (unpaired) electrons. The van der Waals surface area contributed by atoms with Gasteiger partial charge in [-0.1, -0.05) is 6.08 Å². The molecule has 2 nitrogen and oxygen atoms in total. The van der Waals surface area contributed by atoms with Gasteiger partial charge in [-0.15, -0.1) is 0 Å². The molecular weight excluding hydrogens is 126 g/mol. The van der Waals surface area contributed by atoms with E-state index in [1.54, 1.807) is 0 Å². The lowest BCUT2D eigenvalue weighted by molar-refractivity contribution is 0.176. The Labute approximate surface area is 60.8 Å². The largest absolute Gasteiger partial charge is 0.375 e. The smallest absolute Gasteiger partial charge is 0.0753 e. The van der Waals surface area contributed by atoms with Crippen LogP contribution in [0.25, 0.3) is 0 Å². The van der Waals surface area contributed by atoms with Gasteiger partial charge in [0.2, 0.25) is 0 Å². The van der Waals surface area contributed by atoms with Gasteiger partial charge in [0.15, 0.2) is 0 Å². The number of ether oxygens (including phenoxy) is 1. The van der Waals surface area contributed by atoms with Crippen molar-refractivity contribution in [1.82, 2.24) is 4.90 Å². The maximum Gasteiger partial charge on any atom is 0.0753 e. The average Bonchev–Trinajstić information content (AvgIpc) is 2.36. The monoisotopic (exact) mass is 137 g/mol. The predicted molar refractivity (Wildman–Crippen MR) is 39.6 cm³/mol. The molecule has 2 heterocycles. The Morgan fingerprint density at radius 1 is 1.70 bits per heavy atom. The minimum Gasteiger partial charge on any atom is -0.375 e. The minimum absolute atomic E-state index is 0.519. The third-order valence-electron chi connectivity index (χ3n) is 2.10.